The molecular weight excluding hydrogens is 256 g/mol. The second-order valence-corrected chi connectivity index (χ2v) is 4.74. The maximum absolute atomic E-state index is 11.4. The first kappa shape index (κ1) is 14.3. The molecule has 0 spiro atoms. The van der Waals surface area contributed by atoms with Gasteiger partial charge in [0.1, 0.15) is 0 Å². The van der Waals surface area contributed by atoms with E-state index in [1.54, 1.807) is 14.2 Å². The lowest BCUT2D eigenvalue weighted by Gasteiger charge is -2.11. The SMILES string of the molecule is CO[C@@H](C)c1cccc(-c2c(C)nn(C)c2C(=O)O)c1. The highest BCUT2D eigenvalue weighted by Gasteiger charge is 2.21. The Morgan fingerprint density at radius 2 is 2.15 bits per heavy atom. The molecule has 1 aromatic heterocycles. The van der Waals surface area contributed by atoms with Gasteiger partial charge in [0, 0.05) is 19.7 Å². The highest BCUT2D eigenvalue weighted by molar-refractivity contribution is 5.95. The number of aromatic nitrogens is 2. The molecule has 1 aromatic carbocycles. The van der Waals surface area contributed by atoms with E-state index in [1.807, 2.05) is 38.1 Å². The average Bonchev–Trinajstić information content (AvgIpc) is 2.72. The molecule has 0 aliphatic heterocycles. The van der Waals surface area contributed by atoms with Gasteiger partial charge >= 0.3 is 5.97 Å². The van der Waals surface area contributed by atoms with E-state index in [0.717, 1.165) is 11.1 Å². The number of rotatable bonds is 4. The van der Waals surface area contributed by atoms with Crippen molar-refractivity contribution < 1.29 is 14.6 Å². The fourth-order valence-electron chi connectivity index (χ4n) is 2.33. The van der Waals surface area contributed by atoms with Gasteiger partial charge in [0.15, 0.2) is 5.69 Å². The van der Waals surface area contributed by atoms with E-state index >= 15 is 0 Å². The Balaban J connectivity index is 2.60. The summed E-state index contributed by atoms with van der Waals surface area (Å²) >= 11 is 0. The van der Waals surface area contributed by atoms with Crippen molar-refractivity contribution in [3.05, 3.63) is 41.2 Å². The zero-order valence-electron chi connectivity index (χ0n) is 12.0. The Bertz CT molecular complexity index is 647. The normalized spacial score (nSPS) is 12.4. The Labute approximate surface area is 117 Å². The maximum atomic E-state index is 11.4. The molecular formula is C15H18N2O3. The molecule has 0 fully saturated rings. The molecule has 0 aliphatic carbocycles. The third-order valence-corrected chi connectivity index (χ3v) is 3.42. The van der Waals surface area contributed by atoms with Gasteiger partial charge in [0.25, 0.3) is 0 Å². The van der Waals surface area contributed by atoms with E-state index < -0.39 is 5.97 Å². The zero-order valence-corrected chi connectivity index (χ0v) is 12.0. The number of aromatic carboxylic acids is 1. The highest BCUT2D eigenvalue weighted by Crippen LogP contribution is 2.29. The molecule has 1 heterocycles. The third-order valence-electron chi connectivity index (χ3n) is 3.42. The van der Waals surface area contributed by atoms with Crippen molar-refractivity contribution >= 4 is 5.97 Å². The fraction of sp³-hybridized carbons (Fsp3) is 0.333. The molecule has 2 rings (SSSR count). The Morgan fingerprint density at radius 3 is 2.75 bits per heavy atom. The van der Waals surface area contributed by atoms with Gasteiger partial charge in [0.05, 0.1) is 11.8 Å². The summed E-state index contributed by atoms with van der Waals surface area (Å²) in [5, 5.41) is 13.6. The van der Waals surface area contributed by atoms with Crippen LogP contribution in [0.25, 0.3) is 11.1 Å². The number of hydrogen-bond acceptors (Lipinski definition) is 3. The van der Waals surface area contributed by atoms with Crippen molar-refractivity contribution in [2.24, 2.45) is 7.05 Å². The quantitative estimate of drug-likeness (QED) is 0.931. The second-order valence-electron chi connectivity index (χ2n) is 4.74. The zero-order chi connectivity index (χ0) is 14.9. The summed E-state index contributed by atoms with van der Waals surface area (Å²) in [4.78, 5) is 11.4. The minimum absolute atomic E-state index is 0.0415. The Hall–Kier alpha value is -2.14. The molecule has 0 aliphatic rings. The summed E-state index contributed by atoms with van der Waals surface area (Å²) in [7, 11) is 3.29. The Kier molecular flexibility index (Phi) is 3.90. The van der Waals surface area contributed by atoms with Gasteiger partial charge in [-0.15, -0.1) is 0 Å². The van der Waals surface area contributed by atoms with Crippen molar-refractivity contribution in [2.75, 3.05) is 7.11 Å². The van der Waals surface area contributed by atoms with Crippen molar-refractivity contribution in [3.8, 4) is 11.1 Å². The van der Waals surface area contributed by atoms with Crippen LogP contribution in [0.5, 0.6) is 0 Å². The lowest BCUT2D eigenvalue weighted by molar-refractivity contribution is 0.0686. The van der Waals surface area contributed by atoms with Crippen LogP contribution in [0.2, 0.25) is 0 Å². The molecule has 0 unspecified atom stereocenters. The summed E-state index contributed by atoms with van der Waals surface area (Å²) in [5.74, 6) is -0.978. The predicted molar refractivity (Wildman–Crippen MR) is 75.8 cm³/mol. The number of ether oxygens (including phenoxy) is 1. The van der Waals surface area contributed by atoms with Gasteiger partial charge in [0.2, 0.25) is 0 Å². The smallest absolute Gasteiger partial charge is 0.354 e. The van der Waals surface area contributed by atoms with Crippen LogP contribution < -0.4 is 0 Å². The molecule has 106 valence electrons. The maximum Gasteiger partial charge on any atom is 0.354 e. The van der Waals surface area contributed by atoms with Crippen molar-refractivity contribution in [1.82, 2.24) is 9.78 Å². The van der Waals surface area contributed by atoms with E-state index in [-0.39, 0.29) is 11.8 Å². The van der Waals surface area contributed by atoms with Crippen LogP contribution in [0.3, 0.4) is 0 Å². The van der Waals surface area contributed by atoms with Gasteiger partial charge < -0.3 is 9.84 Å². The van der Waals surface area contributed by atoms with Crippen LogP contribution in [0.15, 0.2) is 24.3 Å². The van der Waals surface area contributed by atoms with E-state index in [4.69, 9.17) is 4.74 Å². The first-order valence-electron chi connectivity index (χ1n) is 6.35. The van der Waals surface area contributed by atoms with Crippen molar-refractivity contribution in [2.45, 2.75) is 20.0 Å². The number of carboxylic acids is 1. The lowest BCUT2D eigenvalue weighted by atomic mass is 9.99. The number of benzene rings is 1. The molecule has 0 amide bonds. The van der Waals surface area contributed by atoms with Crippen molar-refractivity contribution in [3.63, 3.8) is 0 Å². The molecule has 1 atom stereocenters. The van der Waals surface area contributed by atoms with Gasteiger partial charge in [-0.3, -0.25) is 4.68 Å². The molecule has 0 saturated heterocycles. The minimum Gasteiger partial charge on any atom is -0.477 e. The minimum atomic E-state index is -0.978. The second kappa shape index (κ2) is 5.46. The largest absolute Gasteiger partial charge is 0.477 e. The molecule has 0 radical (unpaired) electrons. The Morgan fingerprint density at radius 1 is 1.45 bits per heavy atom. The van der Waals surface area contributed by atoms with Crippen LogP contribution in [0.4, 0.5) is 0 Å². The molecule has 20 heavy (non-hydrogen) atoms. The van der Waals surface area contributed by atoms with Gasteiger partial charge in [-0.2, -0.15) is 5.10 Å². The topological polar surface area (TPSA) is 64.4 Å². The average molecular weight is 274 g/mol. The molecule has 0 bridgehead atoms. The predicted octanol–water partition coefficient (Wildman–Crippen LogP) is 2.80. The van der Waals surface area contributed by atoms with Crippen LogP contribution >= 0.6 is 0 Å². The van der Waals surface area contributed by atoms with Crippen LogP contribution in [-0.4, -0.2) is 28.0 Å². The fourth-order valence-corrected chi connectivity index (χ4v) is 2.33. The number of hydrogen-bond donors (Lipinski definition) is 1. The number of aryl methyl sites for hydroxylation is 2. The number of nitrogens with zero attached hydrogens (tertiary/aromatic N) is 2. The summed E-state index contributed by atoms with van der Waals surface area (Å²) in [6.07, 6.45) is -0.0415. The van der Waals surface area contributed by atoms with Gasteiger partial charge in [-0.05, 0) is 31.0 Å². The molecule has 2 aromatic rings. The van der Waals surface area contributed by atoms with E-state index in [0.29, 0.717) is 11.3 Å². The van der Waals surface area contributed by atoms with Gasteiger partial charge in [-0.25, -0.2) is 4.79 Å². The summed E-state index contributed by atoms with van der Waals surface area (Å²) < 4.78 is 6.71. The van der Waals surface area contributed by atoms with Crippen molar-refractivity contribution in [1.29, 1.82) is 0 Å². The number of methoxy groups -OCH3 is 1. The third kappa shape index (κ3) is 2.44. The molecule has 1 N–H and O–H groups in total. The molecule has 0 saturated carbocycles. The molecule has 5 nitrogen and oxygen atoms in total. The first-order valence-corrected chi connectivity index (χ1v) is 6.35. The summed E-state index contributed by atoms with van der Waals surface area (Å²) in [6, 6.07) is 7.70. The van der Waals surface area contributed by atoms with Gasteiger partial charge in [-0.1, -0.05) is 18.2 Å². The number of carboxylic acid groups (broad SMARTS) is 1. The first-order chi connectivity index (χ1) is 9.45. The van der Waals surface area contributed by atoms with Crippen LogP contribution in [-0.2, 0) is 11.8 Å². The van der Waals surface area contributed by atoms with Crippen LogP contribution in [0.1, 0.15) is 34.8 Å². The number of carbonyl (C=O) groups is 1. The summed E-state index contributed by atoms with van der Waals surface area (Å²) in [6.45, 7) is 3.77. The van der Waals surface area contributed by atoms with E-state index in [1.165, 1.54) is 4.68 Å². The van der Waals surface area contributed by atoms with E-state index in [9.17, 15) is 9.90 Å². The molecule has 5 heteroatoms. The van der Waals surface area contributed by atoms with Crippen LogP contribution in [0, 0.1) is 6.92 Å². The monoisotopic (exact) mass is 274 g/mol. The highest BCUT2D eigenvalue weighted by atomic mass is 16.5. The summed E-state index contributed by atoms with van der Waals surface area (Å²) in [5.41, 5.74) is 3.40. The lowest BCUT2D eigenvalue weighted by Crippen LogP contribution is -2.06. The van der Waals surface area contributed by atoms with E-state index in [2.05, 4.69) is 5.10 Å². The standard InChI is InChI=1S/C15H18N2O3/c1-9-13(14(15(18)19)17(3)16-9)12-7-5-6-11(8-12)10(2)20-4/h5-8,10H,1-4H3,(H,18,19)/t10-/m0/s1.